The van der Waals surface area contributed by atoms with E-state index in [2.05, 4.69) is 4.98 Å². The number of hydrogen-bond donors (Lipinski definition) is 1. The predicted molar refractivity (Wildman–Crippen MR) is 88.8 cm³/mol. The first-order valence-corrected chi connectivity index (χ1v) is 7.47. The molecule has 0 aliphatic rings. The van der Waals surface area contributed by atoms with Crippen molar-refractivity contribution in [2.45, 2.75) is 12.8 Å². The summed E-state index contributed by atoms with van der Waals surface area (Å²) in [5.74, 6) is 0.477. The summed E-state index contributed by atoms with van der Waals surface area (Å²) in [6.07, 6.45) is 3.48. The molecule has 0 aliphatic heterocycles. The Bertz CT molecular complexity index is 824. The van der Waals surface area contributed by atoms with E-state index in [9.17, 15) is 4.79 Å². The van der Waals surface area contributed by atoms with Gasteiger partial charge in [-0.3, -0.25) is 4.79 Å². The van der Waals surface area contributed by atoms with Crippen LogP contribution in [0, 0.1) is 0 Å². The molecule has 116 valence electrons. The van der Waals surface area contributed by atoms with Crippen molar-refractivity contribution in [3.8, 4) is 11.3 Å². The zero-order valence-electron chi connectivity index (χ0n) is 12.9. The molecular formula is C18H18N4O. The van der Waals surface area contributed by atoms with Gasteiger partial charge in [-0.05, 0) is 18.6 Å². The van der Waals surface area contributed by atoms with Crippen molar-refractivity contribution < 1.29 is 4.79 Å². The van der Waals surface area contributed by atoms with Crippen LogP contribution in [0.1, 0.15) is 22.0 Å². The zero-order valence-corrected chi connectivity index (χ0v) is 12.9. The highest BCUT2D eigenvalue weighted by atomic mass is 16.1. The number of rotatable bonds is 5. The van der Waals surface area contributed by atoms with Crippen LogP contribution in [-0.4, -0.2) is 20.4 Å². The molecule has 0 unspecified atom stereocenters. The fourth-order valence-corrected chi connectivity index (χ4v) is 2.48. The molecule has 5 nitrogen and oxygen atoms in total. The molecule has 0 fully saturated rings. The van der Waals surface area contributed by atoms with Gasteiger partial charge in [0.05, 0.1) is 5.69 Å². The van der Waals surface area contributed by atoms with Gasteiger partial charge < -0.3 is 10.3 Å². The normalized spacial score (nSPS) is 10.7. The molecule has 1 aromatic carbocycles. The molecule has 23 heavy (non-hydrogen) atoms. The summed E-state index contributed by atoms with van der Waals surface area (Å²) in [7, 11) is 1.99. The number of amides is 1. The number of imidazole rings is 1. The third-order valence-corrected chi connectivity index (χ3v) is 3.71. The first-order valence-electron chi connectivity index (χ1n) is 7.47. The second-order valence-corrected chi connectivity index (χ2v) is 5.40. The lowest BCUT2D eigenvalue weighted by atomic mass is 10.2. The van der Waals surface area contributed by atoms with Gasteiger partial charge in [-0.2, -0.15) is 0 Å². The number of benzene rings is 1. The molecule has 0 radical (unpaired) electrons. The summed E-state index contributed by atoms with van der Waals surface area (Å²) < 4.78 is 2.03. The van der Waals surface area contributed by atoms with Crippen molar-refractivity contribution >= 4 is 5.91 Å². The van der Waals surface area contributed by atoms with Crippen LogP contribution in [0.3, 0.4) is 0 Å². The van der Waals surface area contributed by atoms with Gasteiger partial charge >= 0.3 is 0 Å². The average Bonchev–Trinajstić information content (AvgIpc) is 2.95. The topological polar surface area (TPSA) is 73.8 Å². The van der Waals surface area contributed by atoms with E-state index in [1.54, 1.807) is 12.1 Å². The maximum atomic E-state index is 11.2. The molecule has 0 saturated carbocycles. The quantitative estimate of drug-likeness (QED) is 0.786. The number of aryl methyl sites for hydroxylation is 3. The molecule has 1 amide bonds. The lowest BCUT2D eigenvalue weighted by Crippen LogP contribution is -2.14. The lowest BCUT2D eigenvalue weighted by molar-refractivity contribution is 0.0995. The van der Waals surface area contributed by atoms with Gasteiger partial charge in [-0.1, -0.05) is 36.4 Å². The van der Waals surface area contributed by atoms with Crippen LogP contribution in [0.15, 0.2) is 54.7 Å². The molecule has 0 aliphatic carbocycles. The molecule has 2 aromatic heterocycles. The number of hydrogen-bond acceptors (Lipinski definition) is 3. The second-order valence-electron chi connectivity index (χ2n) is 5.40. The van der Waals surface area contributed by atoms with E-state index in [0.717, 1.165) is 29.2 Å². The number of pyridine rings is 1. The molecule has 0 atom stereocenters. The Morgan fingerprint density at radius 3 is 2.57 bits per heavy atom. The summed E-state index contributed by atoms with van der Waals surface area (Å²) in [5.41, 5.74) is 8.46. The number of nitrogens with zero attached hydrogens (tertiary/aromatic N) is 3. The van der Waals surface area contributed by atoms with E-state index < -0.39 is 5.91 Å². The fourth-order valence-electron chi connectivity index (χ4n) is 2.48. The van der Waals surface area contributed by atoms with Crippen LogP contribution in [-0.2, 0) is 19.9 Å². The summed E-state index contributed by atoms with van der Waals surface area (Å²) in [6.45, 7) is 0. The number of primary amides is 1. The van der Waals surface area contributed by atoms with E-state index >= 15 is 0 Å². The number of aromatic nitrogens is 3. The van der Waals surface area contributed by atoms with Gasteiger partial charge in [0.1, 0.15) is 11.5 Å². The first-order chi connectivity index (χ1) is 11.1. The molecule has 5 heteroatoms. The third kappa shape index (κ3) is 3.45. The fraction of sp³-hybridized carbons (Fsp3) is 0.167. The minimum Gasteiger partial charge on any atom is -0.364 e. The van der Waals surface area contributed by atoms with Gasteiger partial charge in [0.2, 0.25) is 0 Å². The van der Waals surface area contributed by atoms with E-state index in [0.29, 0.717) is 12.1 Å². The van der Waals surface area contributed by atoms with Gasteiger partial charge in [-0.25, -0.2) is 9.97 Å². The standard InChI is InChI=1S/C18H18N4O/c1-22-12-16(13-6-3-2-4-7-13)21-17(22)11-10-14-8-5-9-15(20-14)18(19)23/h2-9,12H,10-11H2,1H3,(H2,19,23). The summed E-state index contributed by atoms with van der Waals surface area (Å²) in [6, 6.07) is 15.4. The van der Waals surface area contributed by atoms with Gasteiger partial charge in [-0.15, -0.1) is 0 Å². The Labute approximate surface area is 134 Å². The first kappa shape index (κ1) is 15.0. The Balaban J connectivity index is 1.75. The van der Waals surface area contributed by atoms with E-state index in [1.807, 2.05) is 54.2 Å². The Kier molecular flexibility index (Phi) is 4.19. The van der Waals surface area contributed by atoms with Gasteiger partial charge in [0.25, 0.3) is 5.91 Å². The highest BCUT2D eigenvalue weighted by molar-refractivity contribution is 5.90. The molecule has 2 heterocycles. The molecule has 2 N–H and O–H groups in total. The summed E-state index contributed by atoms with van der Waals surface area (Å²) in [4.78, 5) is 20.2. The number of carbonyl (C=O) groups excluding carboxylic acids is 1. The highest BCUT2D eigenvalue weighted by Gasteiger charge is 2.09. The molecule has 0 saturated heterocycles. The van der Waals surface area contributed by atoms with E-state index in [-0.39, 0.29) is 0 Å². The summed E-state index contributed by atoms with van der Waals surface area (Å²) in [5, 5.41) is 0. The Morgan fingerprint density at radius 1 is 1.04 bits per heavy atom. The van der Waals surface area contributed by atoms with E-state index in [4.69, 9.17) is 10.7 Å². The smallest absolute Gasteiger partial charge is 0.267 e. The molecular weight excluding hydrogens is 288 g/mol. The molecule has 0 spiro atoms. The monoisotopic (exact) mass is 306 g/mol. The van der Waals surface area contributed by atoms with Crippen molar-refractivity contribution in [2.75, 3.05) is 0 Å². The third-order valence-electron chi connectivity index (χ3n) is 3.71. The van der Waals surface area contributed by atoms with Crippen LogP contribution in [0.4, 0.5) is 0 Å². The Morgan fingerprint density at radius 2 is 1.83 bits per heavy atom. The van der Waals surface area contributed by atoms with Gasteiger partial charge in [0.15, 0.2) is 0 Å². The number of nitrogens with two attached hydrogens (primary N) is 1. The minimum atomic E-state index is -0.504. The largest absolute Gasteiger partial charge is 0.364 e. The molecule has 0 bridgehead atoms. The maximum Gasteiger partial charge on any atom is 0.267 e. The van der Waals surface area contributed by atoms with Crippen LogP contribution in [0.25, 0.3) is 11.3 Å². The van der Waals surface area contributed by atoms with E-state index in [1.165, 1.54) is 0 Å². The Hall–Kier alpha value is -2.95. The minimum absolute atomic E-state index is 0.298. The lowest BCUT2D eigenvalue weighted by Gasteiger charge is -2.03. The highest BCUT2D eigenvalue weighted by Crippen LogP contribution is 2.18. The number of carbonyl (C=O) groups is 1. The van der Waals surface area contributed by atoms with Crippen molar-refractivity contribution in [1.82, 2.24) is 14.5 Å². The van der Waals surface area contributed by atoms with Crippen LogP contribution < -0.4 is 5.73 Å². The SMILES string of the molecule is Cn1cc(-c2ccccc2)nc1CCc1cccc(C(N)=O)n1. The maximum absolute atomic E-state index is 11.2. The van der Waals surface area contributed by atoms with Crippen molar-refractivity contribution in [1.29, 1.82) is 0 Å². The van der Waals surface area contributed by atoms with Crippen molar-refractivity contribution in [3.63, 3.8) is 0 Å². The molecule has 3 aromatic rings. The predicted octanol–water partition coefficient (Wildman–Crippen LogP) is 2.37. The van der Waals surface area contributed by atoms with Crippen LogP contribution in [0.2, 0.25) is 0 Å². The average molecular weight is 306 g/mol. The van der Waals surface area contributed by atoms with Crippen molar-refractivity contribution in [2.24, 2.45) is 12.8 Å². The second kappa shape index (κ2) is 6.44. The van der Waals surface area contributed by atoms with Crippen LogP contribution >= 0.6 is 0 Å². The summed E-state index contributed by atoms with van der Waals surface area (Å²) >= 11 is 0. The van der Waals surface area contributed by atoms with Crippen molar-refractivity contribution in [3.05, 3.63) is 71.9 Å². The van der Waals surface area contributed by atoms with Gasteiger partial charge in [0, 0.05) is 30.9 Å². The molecule has 3 rings (SSSR count). The zero-order chi connectivity index (χ0) is 16.2. The van der Waals surface area contributed by atoms with Crippen LogP contribution in [0.5, 0.6) is 0 Å².